The number of para-hydroxylation sites is 1. The first-order chi connectivity index (χ1) is 19.2. The Kier molecular flexibility index (Phi) is 11.4. The van der Waals surface area contributed by atoms with Crippen molar-refractivity contribution in [1.82, 2.24) is 20.9 Å². The summed E-state index contributed by atoms with van der Waals surface area (Å²) in [6.07, 6.45) is 2.83. The van der Waals surface area contributed by atoms with Crippen LogP contribution in [0.1, 0.15) is 38.3 Å². The van der Waals surface area contributed by atoms with E-state index < -0.39 is 23.8 Å². The maximum Gasteiger partial charge on any atom is 0.414 e. The maximum absolute atomic E-state index is 13.2. The van der Waals surface area contributed by atoms with Gasteiger partial charge in [0, 0.05) is 25.2 Å². The van der Waals surface area contributed by atoms with Crippen molar-refractivity contribution in [2.45, 2.75) is 45.9 Å². The number of alkyl carbamates (subject to hydrolysis) is 2. The number of rotatable bonds is 6. The van der Waals surface area contributed by atoms with Crippen LogP contribution in [0.5, 0.6) is 5.75 Å². The van der Waals surface area contributed by atoms with Gasteiger partial charge >= 0.3 is 18.2 Å². The molecule has 0 bridgehead atoms. The lowest BCUT2D eigenvalue weighted by atomic mass is 10.2. The van der Waals surface area contributed by atoms with Crippen molar-refractivity contribution in [2.24, 2.45) is 4.99 Å². The second-order valence-electron chi connectivity index (χ2n) is 9.90. The van der Waals surface area contributed by atoms with Gasteiger partial charge in [0.1, 0.15) is 24.6 Å². The Balaban J connectivity index is 1.62. The first-order valence-corrected chi connectivity index (χ1v) is 13.1. The molecule has 0 aliphatic carbocycles. The third kappa shape index (κ3) is 11.1. The number of urea groups is 1. The van der Waals surface area contributed by atoms with Crippen LogP contribution in [0.2, 0.25) is 0 Å². The summed E-state index contributed by atoms with van der Waals surface area (Å²) in [5.74, 6) is 0.602. The maximum atomic E-state index is 13.2. The predicted molar refractivity (Wildman–Crippen MR) is 151 cm³/mol. The molecule has 214 valence electrons. The van der Waals surface area contributed by atoms with Crippen molar-refractivity contribution in [3.8, 4) is 5.75 Å². The minimum Gasteiger partial charge on any atom is -0.489 e. The Bertz CT molecular complexity index is 1190. The molecular weight excluding hydrogens is 514 g/mol. The normalized spacial score (nSPS) is 14.9. The zero-order valence-electron chi connectivity index (χ0n) is 23.1. The van der Waals surface area contributed by atoms with Gasteiger partial charge in [-0.05, 0) is 44.9 Å². The van der Waals surface area contributed by atoms with Crippen LogP contribution < -0.4 is 20.7 Å². The lowest BCUT2D eigenvalue weighted by molar-refractivity contribution is 0.0561. The van der Waals surface area contributed by atoms with E-state index in [9.17, 15) is 14.4 Å². The van der Waals surface area contributed by atoms with Crippen LogP contribution in [0, 0.1) is 0 Å². The fraction of sp³-hybridized carbons (Fsp3) is 0.379. The summed E-state index contributed by atoms with van der Waals surface area (Å²) in [6, 6.07) is 16.3. The van der Waals surface area contributed by atoms with Gasteiger partial charge < -0.3 is 24.4 Å². The topological polar surface area (TPSA) is 131 Å². The molecule has 11 nitrogen and oxygen atoms in total. The quantitative estimate of drug-likeness (QED) is 0.362. The van der Waals surface area contributed by atoms with Crippen LogP contribution in [-0.2, 0) is 22.6 Å². The van der Waals surface area contributed by atoms with Crippen LogP contribution in [0.3, 0.4) is 0 Å². The number of benzene rings is 2. The van der Waals surface area contributed by atoms with E-state index in [2.05, 4.69) is 20.9 Å². The van der Waals surface area contributed by atoms with Gasteiger partial charge in [-0.3, -0.25) is 10.6 Å². The van der Waals surface area contributed by atoms with Crippen molar-refractivity contribution in [2.75, 3.05) is 26.2 Å². The number of guanidine groups is 1. The molecule has 0 unspecified atom stereocenters. The molecule has 1 aliphatic heterocycles. The summed E-state index contributed by atoms with van der Waals surface area (Å²) in [7, 11) is 0. The fourth-order valence-corrected chi connectivity index (χ4v) is 3.55. The molecule has 3 N–H and O–H groups in total. The first-order valence-electron chi connectivity index (χ1n) is 13.1. The second-order valence-corrected chi connectivity index (χ2v) is 9.90. The standard InChI is InChI=1S/C29H37N5O6/c1-29(2,3)40-28(37)33-25-31-20-23-14-7-8-15-24(23)38-19-10-9-17-34(26(35)32-25)18-11-16-30-27(36)39-21-22-12-5-4-6-13-22/h4-10,12-15H,11,16-21H2,1-3H3,(H,30,36)(H2,31,32,33,35,37)/b10-9+. The number of fused-ring (bicyclic) bond motifs is 1. The van der Waals surface area contributed by atoms with E-state index in [1.54, 1.807) is 20.8 Å². The van der Waals surface area contributed by atoms with Crippen LogP contribution in [0.25, 0.3) is 0 Å². The van der Waals surface area contributed by atoms with Crippen molar-refractivity contribution in [1.29, 1.82) is 0 Å². The Labute approximate surface area is 234 Å². The highest BCUT2D eigenvalue weighted by atomic mass is 16.6. The van der Waals surface area contributed by atoms with E-state index in [1.807, 2.05) is 66.7 Å². The number of hydrogen-bond donors (Lipinski definition) is 3. The van der Waals surface area contributed by atoms with E-state index in [-0.39, 0.29) is 25.7 Å². The zero-order chi connectivity index (χ0) is 28.8. The Morgan fingerprint density at radius 3 is 2.58 bits per heavy atom. The minimum atomic E-state index is -0.745. The molecule has 0 saturated heterocycles. The molecule has 1 heterocycles. The number of carbonyl (C=O) groups is 3. The van der Waals surface area contributed by atoms with Crippen molar-refractivity contribution in [3.05, 3.63) is 77.9 Å². The summed E-state index contributed by atoms with van der Waals surface area (Å²) in [4.78, 5) is 43.6. The summed E-state index contributed by atoms with van der Waals surface area (Å²) < 4.78 is 16.4. The molecule has 0 radical (unpaired) electrons. The number of nitrogens with zero attached hydrogens (tertiary/aromatic N) is 2. The number of aliphatic imine (C=N–C) groups is 1. The highest BCUT2D eigenvalue weighted by molar-refractivity contribution is 6.02. The van der Waals surface area contributed by atoms with Crippen LogP contribution >= 0.6 is 0 Å². The van der Waals surface area contributed by atoms with Crippen molar-refractivity contribution >= 4 is 24.2 Å². The molecule has 0 aromatic heterocycles. The summed E-state index contributed by atoms with van der Waals surface area (Å²) in [5, 5.41) is 7.91. The van der Waals surface area contributed by atoms with E-state index in [1.165, 1.54) is 4.90 Å². The Morgan fingerprint density at radius 1 is 1.05 bits per heavy atom. The lowest BCUT2D eigenvalue weighted by Crippen LogP contribution is -2.50. The molecule has 0 atom stereocenters. The van der Waals surface area contributed by atoms with Gasteiger partial charge in [0.2, 0.25) is 5.96 Å². The average Bonchev–Trinajstić information content (AvgIpc) is 2.92. The van der Waals surface area contributed by atoms with Crippen molar-refractivity contribution < 1.29 is 28.6 Å². The first kappa shape index (κ1) is 30.0. The highest BCUT2D eigenvalue weighted by Gasteiger charge is 2.20. The molecule has 1 aliphatic rings. The zero-order valence-corrected chi connectivity index (χ0v) is 23.1. The molecule has 0 spiro atoms. The summed E-state index contributed by atoms with van der Waals surface area (Å²) in [6.45, 7) is 6.75. The van der Waals surface area contributed by atoms with Gasteiger partial charge in [-0.15, -0.1) is 0 Å². The Morgan fingerprint density at radius 2 is 1.80 bits per heavy atom. The summed E-state index contributed by atoms with van der Waals surface area (Å²) >= 11 is 0. The van der Waals surface area contributed by atoms with Crippen molar-refractivity contribution in [3.63, 3.8) is 0 Å². The van der Waals surface area contributed by atoms with Gasteiger partial charge in [-0.1, -0.05) is 54.6 Å². The smallest absolute Gasteiger partial charge is 0.414 e. The van der Waals surface area contributed by atoms with Gasteiger partial charge in [0.15, 0.2) is 0 Å². The lowest BCUT2D eigenvalue weighted by Gasteiger charge is -2.23. The van der Waals surface area contributed by atoms with Gasteiger partial charge in [0.25, 0.3) is 0 Å². The molecule has 2 aromatic carbocycles. The van der Waals surface area contributed by atoms with Gasteiger partial charge in [0.05, 0.1) is 6.54 Å². The second kappa shape index (κ2) is 15.2. The third-order valence-corrected chi connectivity index (χ3v) is 5.43. The molecule has 0 fully saturated rings. The highest BCUT2D eigenvalue weighted by Crippen LogP contribution is 2.19. The van der Waals surface area contributed by atoms with Crippen LogP contribution in [-0.4, -0.2) is 60.9 Å². The third-order valence-electron chi connectivity index (χ3n) is 5.43. The largest absolute Gasteiger partial charge is 0.489 e. The molecule has 4 amide bonds. The number of hydrogen-bond acceptors (Lipinski definition) is 7. The SMILES string of the molecule is CC(C)(C)OC(=O)NC1=NCc2ccccc2OC/C=C/CN(CCCNC(=O)OCc2ccccc2)C(=O)N1. The Hall–Kier alpha value is -4.54. The summed E-state index contributed by atoms with van der Waals surface area (Å²) in [5.41, 5.74) is 0.945. The number of nitrogens with one attached hydrogen (secondary N) is 3. The van der Waals surface area contributed by atoms with E-state index in [0.717, 1.165) is 11.1 Å². The number of carbonyl (C=O) groups excluding carboxylic acids is 3. The molecule has 3 rings (SSSR count). The van der Waals surface area contributed by atoms with Crippen LogP contribution in [0.4, 0.5) is 14.4 Å². The minimum absolute atomic E-state index is 0.0510. The average molecular weight is 552 g/mol. The molecule has 2 aromatic rings. The van der Waals surface area contributed by atoms with E-state index >= 15 is 0 Å². The fourth-order valence-electron chi connectivity index (χ4n) is 3.55. The van der Waals surface area contributed by atoms with Gasteiger partial charge in [-0.25, -0.2) is 19.4 Å². The van der Waals surface area contributed by atoms with E-state index in [0.29, 0.717) is 31.9 Å². The molecule has 40 heavy (non-hydrogen) atoms. The number of amides is 4. The van der Waals surface area contributed by atoms with Gasteiger partial charge in [-0.2, -0.15) is 0 Å². The predicted octanol–water partition coefficient (Wildman–Crippen LogP) is 4.34. The molecule has 0 saturated carbocycles. The molecule has 11 heteroatoms. The van der Waals surface area contributed by atoms with Crippen LogP contribution in [0.15, 0.2) is 71.7 Å². The molecular formula is C29H37N5O6. The monoisotopic (exact) mass is 551 g/mol. The van der Waals surface area contributed by atoms with E-state index in [4.69, 9.17) is 14.2 Å². The number of ether oxygens (including phenoxy) is 3.